The number of thioether (sulfide) groups is 1. The molecule has 1 heterocycles. The fourth-order valence-electron chi connectivity index (χ4n) is 2.80. The largest absolute Gasteiger partial charge is 0.325 e. The highest BCUT2D eigenvalue weighted by atomic mass is 32.2. The van der Waals surface area contributed by atoms with E-state index in [1.807, 2.05) is 75.4 Å². The molecule has 0 spiro atoms. The van der Waals surface area contributed by atoms with Crippen LogP contribution in [0.25, 0.3) is 0 Å². The SMILES string of the molecule is Cc1cccc(NC(=O)CSCC(=O)Nc2ccc(Sc3nc(C)cc(C)n3)cc2)c1. The van der Waals surface area contributed by atoms with Crippen LogP contribution in [0, 0.1) is 20.8 Å². The van der Waals surface area contributed by atoms with Crippen LogP contribution in [0.1, 0.15) is 17.0 Å². The van der Waals surface area contributed by atoms with Crippen LogP contribution in [0.4, 0.5) is 11.4 Å². The zero-order valence-corrected chi connectivity index (χ0v) is 19.3. The van der Waals surface area contributed by atoms with Crippen molar-refractivity contribution in [2.24, 2.45) is 0 Å². The molecule has 6 nitrogen and oxygen atoms in total. The molecule has 0 fully saturated rings. The van der Waals surface area contributed by atoms with Gasteiger partial charge in [-0.1, -0.05) is 12.1 Å². The van der Waals surface area contributed by atoms with Crippen LogP contribution >= 0.6 is 23.5 Å². The number of nitrogens with one attached hydrogen (secondary N) is 2. The summed E-state index contributed by atoms with van der Waals surface area (Å²) in [5.74, 6) is 0.144. The van der Waals surface area contributed by atoms with Crippen LogP contribution in [0.3, 0.4) is 0 Å². The Morgan fingerprint density at radius 1 is 0.806 bits per heavy atom. The number of rotatable bonds is 8. The Hall–Kier alpha value is -2.84. The van der Waals surface area contributed by atoms with Crippen molar-refractivity contribution in [2.75, 3.05) is 22.1 Å². The summed E-state index contributed by atoms with van der Waals surface area (Å²) >= 11 is 2.75. The lowest BCUT2D eigenvalue weighted by Gasteiger charge is -2.08. The number of hydrogen-bond acceptors (Lipinski definition) is 6. The molecule has 2 N–H and O–H groups in total. The minimum atomic E-state index is -0.147. The van der Waals surface area contributed by atoms with Crippen LogP contribution in [0.2, 0.25) is 0 Å². The molecule has 3 rings (SSSR count). The molecule has 3 aromatic rings. The van der Waals surface area contributed by atoms with Gasteiger partial charge in [-0.05, 0) is 80.6 Å². The van der Waals surface area contributed by atoms with Gasteiger partial charge in [-0.2, -0.15) is 0 Å². The molecule has 0 atom stereocenters. The molecule has 1 aromatic heterocycles. The summed E-state index contributed by atoms with van der Waals surface area (Å²) in [7, 11) is 0. The number of aryl methyl sites for hydroxylation is 3. The highest BCUT2D eigenvalue weighted by molar-refractivity contribution is 8.00. The van der Waals surface area contributed by atoms with Gasteiger partial charge in [0.1, 0.15) is 0 Å². The first-order valence-corrected chi connectivity index (χ1v) is 11.7. The minimum Gasteiger partial charge on any atom is -0.325 e. The van der Waals surface area contributed by atoms with E-state index in [0.717, 1.165) is 27.5 Å². The van der Waals surface area contributed by atoms with E-state index in [1.54, 1.807) is 0 Å². The third-order valence-electron chi connectivity index (χ3n) is 4.08. The van der Waals surface area contributed by atoms with Crippen molar-refractivity contribution in [3.8, 4) is 0 Å². The Labute approximate surface area is 190 Å². The Morgan fingerprint density at radius 2 is 1.42 bits per heavy atom. The molecule has 0 bridgehead atoms. The van der Waals surface area contributed by atoms with Crippen LogP contribution in [-0.2, 0) is 9.59 Å². The first-order valence-electron chi connectivity index (χ1n) is 9.72. The van der Waals surface area contributed by atoms with Crippen LogP contribution < -0.4 is 10.6 Å². The van der Waals surface area contributed by atoms with Crippen molar-refractivity contribution in [1.82, 2.24) is 9.97 Å². The zero-order chi connectivity index (χ0) is 22.2. The average Bonchev–Trinajstić information content (AvgIpc) is 2.69. The smallest absolute Gasteiger partial charge is 0.234 e. The maximum atomic E-state index is 12.2. The standard InChI is InChI=1S/C23H24N4O2S2/c1-15-5-4-6-19(11-15)27-22(29)14-30-13-21(28)26-18-7-9-20(10-8-18)31-23-24-16(2)12-17(3)25-23/h4-12H,13-14H2,1-3H3,(H,26,28)(H,27,29). The molecular formula is C23H24N4O2S2. The lowest BCUT2D eigenvalue weighted by atomic mass is 10.2. The fraction of sp³-hybridized carbons (Fsp3) is 0.217. The first-order chi connectivity index (χ1) is 14.9. The number of benzene rings is 2. The summed E-state index contributed by atoms with van der Waals surface area (Å²) in [6.45, 7) is 5.86. The van der Waals surface area contributed by atoms with Gasteiger partial charge in [0.25, 0.3) is 0 Å². The molecule has 2 aromatic carbocycles. The van der Waals surface area contributed by atoms with Crippen LogP contribution in [-0.4, -0.2) is 33.3 Å². The van der Waals surface area contributed by atoms with Crippen molar-refractivity contribution in [3.05, 3.63) is 71.5 Å². The van der Waals surface area contributed by atoms with E-state index in [1.165, 1.54) is 23.5 Å². The zero-order valence-electron chi connectivity index (χ0n) is 17.6. The van der Waals surface area contributed by atoms with Gasteiger partial charge in [-0.15, -0.1) is 11.8 Å². The van der Waals surface area contributed by atoms with Crippen molar-refractivity contribution in [2.45, 2.75) is 30.8 Å². The molecule has 31 heavy (non-hydrogen) atoms. The van der Waals surface area contributed by atoms with Gasteiger partial charge >= 0.3 is 0 Å². The summed E-state index contributed by atoms with van der Waals surface area (Å²) in [6, 6.07) is 17.1. The van der Waals surface area contributed by atoms with E-state index in [-0.39, 0.29) is 23.3 Å². The highest BCUT2D eigenvalue weighted by Gasteiger charge is 2.08. The minimum absolute atomic E-state index is 0.126. The number of aromatic nitrogens is 2. The first kappa shape index (κ1) is 22.8. The quantitative estimate of drug-likeness (QED) is 0.475. The highest BCUT2D eigenvalue weighted by Crippen LogP contribution is 2.26. The van der Waals surface area contributed by atoms with Crippen molar-refractivity contribution in [3.63, 3.8) is 0 Å². The molecular weight excluding hydrogens is 428 g/mol. The van der Waals surface area contributed by atoms with Gasteiger partial charge in [0, 0.05) is 27.7 Å². The number of nitrogens with zero attached hydrogens (tertiary/aromatic N) is 2. The molecule has 160 valence electrons. The molecule has 0 aliphatic rings. The van der Waals surface area contributed by atoms with Gasteiger partial charge in [-0.3, -0.25) is 9.59 Å². The topological polar surface area (TPSA) is 84.0 Å². The monoisotopic (exact) mass is 452 g/mol. The van der Waals surface area contributed by atoms with E-state index in [0.29, 0.717) is 10.8 Å². The summed E-state index contributed by atoms with van der Waals surface area (Å²) in [6.07, 6.45) is 0. The van der Waals surface area contributed by atoms with Crippen molar-refractivity contribution < 1.29 is 9.59 Å². The van der Waals surface area contributed by atoms with E-state index in [4.69, 9.17) is 0 Å². The average molecular weight is 453 g/mol. The normalized spacial score (nSPS) is 10.5. The third kappa shape index (κ3) is 7.73. The maximum Gasteiger partial charge on any atom is 0.234 e. The van der Waals surface area contributed by atoms with E-state index >= 15 is 0 Å². The van der Waals surface area contributed by atoms with E-state index in [9.17, 15) is 9.59 Å². The van der Waals surface area contributed by atoms with Gasteiger partial charge in [0.05, 0.1) is 11.5 Å². The Balaban J connectivity index is 1.42. The maximum absolute atomic E-state index is 12.2. The second-order valence-corrected chi connectivity index (χ2v) is 9.04. The molecule has 0 radical (unpaired) electrons. The number of carbonyl (C=O) groups is 2. The van der Waals surface area contributed by atoms with Crippen LogP contribution in [0.15, 0.2) is 64.6 Å². The third-order valence-corrected chi connectivity index (χ3v) is 5.88. The van der Waals surface area contributed by atoms with Crippen molar-refractivity contribution >= 4 is 46.7 Å². The molecule has 0 saturated carbocycles. The summed E-state index contributed by atoms with van der Waals surface area (Å²) in [5.41, 5.74) is 4.42. The Kier molecular flexibility index (Phi) is 8.08. The second kappa shape index (κ2) is 11.0. The van der Waals surface area contributed by atoms with Gasteiger partial charge in [0.15, 0.2) is 5.16 Å². The molecule has 8 heteroatoms. The lowest BCUT2D eigenvalue weighted by molar-refractivity contribution is -0.114. The van der Waals surface area contributed by atoms with Crippen LogP contribution in [0.5, 0.6) is 0 Å². The molecule has 0 aliphatic heterocycles. The molecule has 2 amide bonds. The van der Waals surface area contributed by atoms with Gasteiger partial charge in [0.2, 0.25) is 11.8 Å². The Bertz CT molecular complexity index is 1050. The summed E-state index contributed by atoms with van der Waals surface area (Å²) < 4.78 is 0. The van der Waals surface area contributed by atoms with Crippen molar-refractivity contribution in [1.29, 1.82) is 0 Å². The number of amides is 2. The predicted octanol–water partition coefficient (Wildman–Crippen LogP) is 4.86. The molecule has 0 saturated heterocycles. The van der Waals surface area contributed by atoms with E-state index < -0.39 is 0 Å². The molecule has 0 unspecified atom stereocenters. The molecule has 0 aliphatic carbocycles. The summed E-state index contributed by atoms with van der Waals surface area (Å²) in [4.78, 5) is 34.0. The van der Waals surface area contributed by atoms with Gasteiger partial charge in [-0.25, -0.2) is 9.97 Å². The number of carbonyl (C=O) groups excluding carboxylic acids is 2. The number of hydrogen-bond donors (Lipinski definition) is 2. The summed E-state index contributed by atoms with van der Waals surface area (Å²) in [5, 5.41) is 6.39. The second-order valence-electron chi connectivity index (χ2n) is 7.02. The predicted molar refractivity (Wildman–Crippen MR) is 128 cm³/mol. The number of anilines is 2. The van der Waals surface area contributed by atoms with Gasteiger partial charge < -0.3 is 10.6 Å². The fourth-order valence-corrected chi connectivity index (χ4v) is 4.28. The lowest BCUT2D eigenvalue weighted by Crippen LogP contribution is -2.18. The van der Waals surface area contributed by atoms with E-state index in [2.05, 4.69) is 20.6 Å². The Morgan fingerprint density at radius 3 is 2.03 bits per heavy atom.